The topological polar surface area (TPSA) is 12.4 Å². The molecule has 0 aromatic rings. The summed E-state index contributed by atoms with van der Waals surface area (Å²) in [5, 5.41) is 0. The molecule has 0 amide bonds. The van der Waals surface area contributed by atoms with E-state index in [1.165, 1.54) is 17.5 Å². The highest BCUT2D eigenvalue weighted by Gasteiger charge is 2.18. The third-order valence-corrected chi connectivity index (χ3v) is 2.06. The Bertz CT molecular complexity index is 170. The number of nitrogens with zero attached hydrogens (tertiary/aromatic N) is 1. The Labute approximate surface area is 65.2 Å². The smallest absolute Gasteiger partial charge is 0.0958 e. The average molecular weight is 159 g/mol. The molecule has 1 rings (SSSR count). The van der Waals surface area contributed by atoms with Crippen molar-refractivity contribution in [2.75, 3.05) is 0 Å². The lowest BCUT2D eigenvalue weighted by atomic mass is 10.2. The fourth-order valence-electron chi connectivity index (χ4n) is 0.702. The van der Waals surface area contributed by atoms with Crippen LogP contribution < -0.4 is 0 Å². The van der Waals surface area contributed by atoms with Crippen LogP contribution in [0.5, 0.6) is 0 Å². The third kappa shape index (κ3) is 2.06. The van der Waals surface area contributed by atoms with Crippen LogP contribution >= 0.6 is 24.6 Å². The van der Waals surface area contributed by atoms with Crippen molar-refractivity contribution in [3.05, 3.63) is 11.6 Å². The van der Waals surface area contributed by atoms with Crippen molar-refractivity contribution in [2.45, 2.75) is 17.9 Å². The molecule has 1 aliphatic rings. The summed E-state index contributed by atoms with van der Waals surface area (Å²) in [6, 6.07) is 0. The Balaban J connectivity index is 2.78. The van der Waals surface area contributed by atoms with Gasteiger partial charge in [-0.15, -0.1) is 0 Å². The van der Waals surface area contributed by atoms with E-state index in [0.717, 1.165) is 0 Å². The minimum Gasteiger partial charge on any atom is -0.223 e. The number of allylic oxidation sites excluding steroid dienone is 1. The van der Waals surface area contributed by atoms with Gasteiger partial charge in [-0.1, -0.05) is 6.08 Å². The van der Waals surface area contributed by atoms with E-state index in [9.17, 15) is 0 Å². The summed E-state index contributed by atoms with van der Waals surface area (Å²) in [5.74, 6) is 0. The largest absolute Gasteiger partial charge is 0.223 e. The summed E-state index contributed by atoms with van der Waals surface area (Å²) >= 11 is 5.83. The zero-order chi connectivity index (χ0) is 6.91. The lowest BCUT2D eigenvalue weighted by Gasteiger charge is -2.18. The molecular weight excluding hydrogens is 150 g/mol. The summed E-state index contributed by atoms with van der Waals surface area (Å²) in [4.78, 5) is 0. The summed E-state index contributed by atoms with van der Waals surface area (Å²) < 4.78 is 3.96. The molecular formula is C6H9NS2. The van der Waals surface area contributed by atoms with Gasteiger partial charge in [-0.25, -0.2) is 4.40 Å². The van der Waals surface area contributed by atoms with Crippen LogP contribution in [0.1, 0.15) is 13.8 Å². The zero-order valence-corrected chi connectivity index (χ0v) is 7.17. The van der Waals surface area contributed by atoms with Gasteiger partial charge in [0.1, 0.15) is 0 Å². The van der Waals surface area contributed by atoms with Crippen LogP contribution in [0, 0.1) is 0 Å². The van der Waals surface area contributed by atoms with Crippen LogP contribution in [0.25, 0.3) is 0 Å². The van der Waals surface area contributed by atoms with E-state index in [4.69, 9.17) is 0 Å². The van der Waals surface area contributed by atoms with E-state index in [2.05, 4.69) is 23.1 Å². The maximum absolute atomic E-state index is 4.35. The van der Waals surface area contributed by atoms with Crippen molar-refractivity contribution in [2.24, 2.45) is 4.40 Å². The van der Waals surface area contributed by atoms with Gasteiger partial charge in [0.15, 0.2) is 0 Å². The molecule has 0 radical (unpaired) electrons. The third-order valence-electron chi connectivity index (χ3n) is 0.989. The standard InChI is InChI=1S/C6H9NS2/c1-5-3-6(2,8)9-7-4-5/h3-4,8H,1-2H3. The van der Waals surface area contributed by atoms with Crippen LogP contribution in [0.4, 0.5) is 0 Å². The lowest BCUT2D eigenvalue weighted by Crippen LogP contribution is -2.09. The fraction of sp³-hybridized carbons (Fsp3) is 0.500. The van der Waals surface area contributed by atoms with Gasteiger partial charge in [0, 0.05) is 6.21 Å². The van der Waals surface area contributed by atoms with Crippen molar-refractivity contribution in [3.63, 3.8) is 0 Å². The molecule has 0 fully saturated rings. The number of hydrogen-bond donors (Lipinski definition) is 1. The predicted octanol–water partition coefficient (Wildman–Crippen LogP) is 2.31. The molecule has 1 aliphatic heterocycles. The molecule has 0 saturated heterocycles. The summed E-state index contributed by atoms with van der Waals surface area (Å²) in [6.07, 6.45) is 3.94. The first-order valence-electron chi connectivity index (χ1n) is 2.73. The Morgan fingerprint density at radius 1 is 1.78 bits per heavy atom. The van der Waals surface area contributed by atoms with Gasteiger partial charge in [-0.05, 0) is 31.4 Å². The van der Waals surface area contributed by atoms with Gasteiger partial charge < -0.3 is 0 Å². The Morgan fingerprint density at radius 3 is 2.78 bits per heavy atom. The highest BCUT2D eigenvalue weighted by Crippen LogP contribution is 2.34. The van der Waals surface area contributed by atoms with E-state index in [1.54, 1.807) is 0 Å². The molecule has 3 heteroatoms. The molecule has 0 spiro atoms. The van der Waals surface area contributed by atoms with Crippen molar-refractivity contribution in [1.29, 1.82) is 0 Å². The van der Waals surface area contributed by atoms with Gasteiger partial charge in [-0.3, -0.25) is 0 Å². The second-order valence-corrected chi connectivity index (χ2v) is 4.74. The second-order valence-electron chi connectivity index (χ2n) is 2.27. The summed E-state index contributed by atoms with van der Waals surface area (Å²) in [6.45, 7) is 4.05. The average Bonchev–Trinajstić information content (AvgIpc) is 1.60. The van der Waals surface area contributed by atoms with Gasteiger partial charge in [0.05, 0.1) is 4.08 Å². The maximum Gasteiger partial charge on any atom is 0.0958 e. The van der Waals surface area contributed by atoms with Gasteiger partial charge in [0.25, 0.3) is 0 Å². The zero-order valence-electron chi connectivity index (χ0n) is 5.46. The first-order chi connectivity index (χ1) is 4.10. The van der Waals surface area contributed by atoms with Crippen molar-refractivity contribution >= 4 is 30.8 Å². The molecule has 0 aromatic heterocycles. The Morgan fingerprint density at radius 2 is 2.44 bits per heavy atom. The van der Waals surface area contributed by atoms with Gasteiger partial charge >= 0.3 is 0 Å². The maximum atomic E-state index is 4.35. The molecule has 0 N–H and O–H groups in total. The molecule has 9 heavy (non-hydrogen) atoms. The summed E-state index contributed by atoms with van der Waals surface area (Å²) in [5.41, 5.74) is 1.19. The monoisotopic (exact) mass is 159 g/mol. The normalized spacial score (nSPS) is 34.3. The molecule has 50 valence electrons. The van der Waals surface area contributed by atoms with E-state index in [0.29, 0.717) is 0 Å². The van der Waals surface area contributed by atoms with Crippen LogP contribution in [-0.4, -0.2) is 10.3 Å². The highest BCUT2D eigenvalue weighted by molar-refractivity contribution is 8.11. The molecule has 1 unspecified atom stereocenters. The number of thiol groups is 1. The predicted molar refractivity (Wildman–Crippen MR) is 47.2 cm³/mol. The number of hydrogen-bond acceptors (Lipinski definition) is 3. The minimum absolute atomic E-state index is 0.0984. The summed E-state index contributed by atoms with van der Waals surface area (Å²) in [7, 11) is 0. The van der Waals surface area contributed by atoms with E-state index >= 15 is 0 Å². The molecule has 0 aliphatic carbocycles. The van der Waals surface area contributed by atoms with Crippen molar-refractivity contribution in [3.8, 4) is 0 Å². The molecule has 1 heterocycles. The fourth-order valence-corrected chi connectivity index (χ4v) is 1.72. The van der Waals surface area contributed by atoms with E-state index in [1.807, 2.05) is 20.1 Å². The van der Waals surface area contributed by atoms with Crippen molar-refractivity contribution < 1.29 is 0 Å². The highest BCUT2D eigenvalue weighted by atomic mass is 32.2. The van der Waals surface area contributed by atoms with E-state index < -0.39 is 0 Å². The molecule has 1 atom stereocenters. The first-order valence-corrected chi connectivity index (χ1v) is 3.96. The van der Waals surface area contributed by atoms with Crippen molar-refractivity contribution in [1.82, 2.24) is 0 Å². The SMILES string of the molecule is CC1=CC(C)(S)SN=C1. The minimum atomic E-state index is -0.0984. The first kappa shape index (κ1) is 7.22. The Kier molecular flexibility index (Phi) is 1.91. The van der Waals surface area contributed by atoms with Crippen LogP contribution in [-0.2, 0) is 0 Å². The Hall–Kier alpha value is 0.110. The second kappa shape index (κ2) is 2.39. The number of rotatable bonds is 0. The molecule has 0 aromatic carbocycles. The molecule has 0 saturated carbocycles. The quantitative estimate of drug-likeness (QED) is 0.422. The lowest BCUT2D eigenvalue weighted by molar-refractivity contribution is 1.15. The van der Waals surface area contributed by atoms with E-state index in [-0.39, 0.29) is 4.08 Å². The molecule has 0 bridgehead atoms. The molecule has 1 nitrogen and oxygen atoms in total. The van der Waals surface area contributed by atoms with Gasteiger partial charge in [-0.2, -0.15) is 12.6 Å². The van der Waals surface area contributed by atoms with Crippen LogP contribution in [0.15, 0.2) is 16.0 Å². The van der Waals surface area contributed by atoms with Crippen LogP contribution in [0.3, 0.4) is 0 Å². The van der Waals surface area contributed by atoms with Gasteiger partial charge in [0.2, 0.25) is 0 Å². The van der Waals surface area contributed by atoms with Crippen LogP contribution in [0.2, 0.25) is 0 Å².